The van der Waals surface area contributed by atoms with Gasteiger partial charge in [0, 0.05) is 11.1 Å². The molecule has 2 rings (SSSR count). The average Bonchev–Trinajstić information content (AvgIpc) is 2.87. The fraction of sp³-hybridized carbons (Fsp3) is 0.647. The maximum absolute atomic E-state index is 6.73. The summed E-state index contributed by atoms with van der Waals surface area (Å²) in [5.74, 6) is 2.55. The van der Waals surface area contributed by atoms with Gasteiger partial charge in [-0.1, -0.05) is 31.4 Å². The zero-order valence-electron chi connectivity index (χ0n) is 13.0. The van der Waals surface area contributed by atoms with Crippen molar-refractivity contribution in [1.29, 1.82) is 0 Å². The van der Waals surface area contributed by atoms with E-state index in [-0.39, 0.29) is 5.38 Å². The molecule has 4 heteroatoms. The van der Waals surface area contributed by atoms with E-state index in [2.05, 4.69) is 6.92 Å². The van der Waals surface area contributed by atoms with E-state index in [1.54, 1.807) is 0 Å². The smallest absolute Gasteiger partial charge is 0.162 e. The van der Waals surface area contributed by atoms with Crippen molar-refractivity contribution in [2.45, 2.75) is 45.4 Å². The maximum Gasteiger partial charge on any atom is 0.162 e. The topological polar surface area (TPSA) is 18.5 Å². The third-order valence-electron chi connectivity index (χ3n) is 4.26. The van der Waals surface area contributed by atoms with E-state index in [4.69, 9.17) is 32.7 Å². The number of hydrogen-bond acceptors (Lipinski definition) is 2. The molecule has 2 nitrogen and oxygen atoms in total. The highest BCUT2D eigenvalue weighted by Gasteiger charge is 2.32. The van der Waals surface area contributed by atoms with Crippen molar-refractivity contribution in [1.82, 2.24) is 0 Å². The van der Waals surface area contributed by atoms with Crippen molar-refractivity contribution in [3.05, 3.63) is 22.7 Å². The molecule has 0 bridgehead atoms. The van der Waals surface area contributed by atoms with Crippen molar-refractivity contribution in [3.63, 3.8) is 0 Å². The largest absolute Gasteiger partial charge is 0.490 e. The second-order valence-electron chi connectivity index (χ2n) is 5.66. The number of benzene rings is 1. The quantitative estimate of drug-likeness (QED) is 0.608. The first-order valence-corrected chi connectivity index (χ1v) is 8.63. The molecule has 1 aliphatic rings. The van der Waals surface area contributed by atoms with Crippen LogP contribution in [0.5, 0.6) is 11.5 Å². The van der Waals surface area contributed by atoms with Crippen molar-refractivity contribution in [3.8, 4) is 11.5 Å². The molecule has 0 amide bonds. The summed E-state index contributed by atoms with van der Waals surface area (Å²) in [4.78, 5) is 0. The van der Waals surface area contributed by atoms with Crippen LogP contribution in [-0.2, 0) is 0 Å². The van der Waals surface area contributed by atoms with Gasteiger partial charge in [0.15, 0.2) is 11.5 Å². The van der Waals surface area contributed by atoms with E-state index in [0.29, 0.717) is 35.8 Å². The Labute approximate surface area is 137 Å². The molecule has 1 fully saturated rings. The molecule has 0 saturated heterocycles. The van der Waals surface area contributed by atoms with Crippen LogP contribution in [0, 0.1) is 11.8 Å². The molecule has 118 valence electrons. The van der Waals surface area contributed by atoms with Gasteiger partial charge in [-0.2, -0.15) is 0 Å². The first-order valence-electron chi connectivity index (χ1n) is 7.81. The minimum Gasteiger partial charge on any atom is -0.490 e. The zero-order chi connectivity index (χ0) is 15.4. The molecule has 21 heavy (non-hydrogen) atoms. The Balaban J connectivity index is 2.31. The van der Waals surface area contributed by atoms with Crippen LogP contribution >= 0.6 is 23.2 Å². The monoisotopic (exact) mass is 330 g/mol. The Kier molecular flexibility index (Phi) is 6.07. The van der Waals surface area contributed by atoms with Gasteiger partial charge in [0.1, 0.15) is 0 Å². The molecule has 1 saturated carbocycles. The molecule has 0 heterocycles. The summed E-state index contributed by atoms with van der Waals surface area (Å²) in [5.41, 5.74) is 0.962. The SMILES string of the molecule is CCOc1cc(Cl)c(C(Cl)C2CCCC2C)cc1OCC. The third kappa shape index (κ3) is 3.78. The zero-order valence-corrected chi connectivity index (χ0v) is 14.5. The Morgan fingerprint density at radius 2 is 1.76 bits per heavy atom. The molecule has 0 spiro atoms. The third-order valence-corrected chi connectivity index (χ3v) is 5.15. The van der Waals surface area contributed by atoms with Gasteiger partial charge in [0.2, 0.25) is 0 Å². The van der Waals surface area contributed by atoms with Crippen LogP contribution in [0.3, 0.4) is 0 Å². The van der Waals surface area contributed by atoms with Gasteiger partial charge in [-0.15, -0.1) is 11.6 Å². The summed E-state index contributed by atoms with van der Waals surface area (Å²) in [6, 6.07) is 3.79. The lowest BCUT2D eigenvalue weighted by atomic mass is 9.90. The van der Waals surface area contributed by atoms with Crippen LogP contribution in [-0.4, -0.2) is 13.2 Å². The van der Waals surface area contributed by atoms with Gasteiger partial charge in [-0.25, -0.2) is 0 Å². The summed E-state index contributed by atoms with van der Waals surface area (Å²) in [5, 5.41) is 0.603. The normalized spacial score (nSPS) is 23.1. The predicted octanol–water partition coefficient (Wildman–Crippen LogP) is 5.85. The number of halogens is 2. The van der Waals surface area contributed by atoms with E-state index in [9.17, 15) is 0 Å². The van der Waals surface area contributed by atoms with Crippen LogP contribution in [0.1, 0.15) is 51.0 Å². The van der Waals surface area contributed by atoms with Gasteiger partial charge in [0.05, 0.1) is 18.6 Å². The van der Waals surface area contributed by atoms with E-state index < -0.39 is 0 Å². The number of ether oxygens (including phenoxy) is 2. The molecule has 0 N–H and O–H groups in total. The fourth-order valence-electron chi connectivity index (χ4n) is 3.14. The summed E-state index contributed by atoms with van der Waals surface area (Å²) in [6.07, 6.45) is 3.67. The highest BCUT2D eigenvalue weighted by molar-refractivity contribution is 6.33. The molecule has 0 aliphatic heterocycles. The van der Waals surface area contributed by atoms with Crippen LogP contribution in [0.15, 0.2) is 12.1 Å². The number of hydrogen-bond donors (Lipinski definition) is 0. The molecule has 0 aromatic heterocycles. The summed E-state index contributed by atoms with van der Waals surface area (Å²) in [7, 11) is 0. The second-order valence-corrected chi connectivity index (χ2v) is 6.54. The van der Waals surface area contributed by atoms with Gasteiger partial charge in [-0.3, -0.25) is 0 Å². The molecule has 0 radical (unpaired) electrons. The van der Waals surface area contributed by atoms with E-state index >= 15 is 0 Å². The van der Waals surface area contributed by atoms with Crippen LogP contribution < -0.4 is 9.47 Å². The fourth-order valence-corrected chi connectivity index (χ4v) is 4.02. The van der Waals surface area contributed by atoms with Crippen molar-refractivity contribution in [2.75, 3.05) is 13.2 Å². The van der Waals surface area contributed by atoms with Crippen molar-refractivity contribution in [2.24, 2.45) is 11.8 Å². The van der Waals surface area contributed by atoms with Gasteiger partial charge in [0.25, 0.3) is 0 Å². The Morgan fingerprint density at radius 1 is 1.14 bits per heavy atom. The van der Waals surface area contributed by atoms with Crippen molar-refractivity contribution < 1.29 is 9.47 Å². The Bertz CT molecular complexity index is 476. The minimum atomic E-state index is -0.0649. The van der Waals surface area contributed by atoms with Crippen LogP contribution in [0.4, 0.5) is 0 Å². The van der Waals surface area contributed by atoms with E-state index in [0.717, 1.165) is 11.3 Å². The number of alkyl halides is 1. The lowest BCUT2D eigenvalue weighted by molar-refractivity contribution is 0.287. The second kappa shape index (κ2) is 7.60. The standard InChI is InChI=1S/C17H24Cl2O2/c1-4-20-15-9-13(14(18)10-16(15)21-5-2)17(19)12-8-6-7-11(12)3/h9-12,17H,4-8H2,1-3H3. The van der Waals surface area contributed by atoms with Gasteiger partial charge < -0.3 is 9.47 Å². The van der Waals surface area contributed by atoms with Gasteiger partial charge >= 0.3 is 0 Å². The van der Waals surface area contributed by atoms with Crippen molar-refractivity contribution >= 4 is 23.2 Å². The summed E-state index contributed by atoms with van der Waals surface area (Å²) < 4.78 is 11.3. The van der Waals surface area contributed by atoms with Crippen LogP contribution in [0.25, 0.3) is 0 Å². The average molecular weight is 331 g/mol. The molecular weight excluding hydrogens is 307 g/mol. The number of rotatable bonds is 6. The lowest BCUT2D eigenvalue weighted by Gasteiger charge is -2.24. The molecular formula is C17H24Cl2O2. The van der Waals surface area contributed by atoms with Crippen LogP contribution in [0.2, 0.25) is 5.02 Å². The first-order chi connectivity index (χ1) is 10.1. The Hall–Kier alpha value is -0.600. The highest BCUT2D eigenvalue weighted by atomic mass is 35.5. The van der Waals surface area contributed by atoms with E-state index in [1.165, 1.54) is 19.3 Å². The van der Waals surface area contributed by atoms with Gasteiger partial charge in [-0.05, 0) is 43.7 Å². The Morgan fingerprint density at radius 3 is 2.29 bits per heavy atom. The maximum atomic E-state index is 6.73. The predicted molar refractivity (Wildman–Crippen MR) is 88.9 cm³/mol. The molecule has 1 aromatic rings. The lowest BCUT2D eigenvalue weighted by Crippen LogP contribution is -2.12. The minimum absolute atomic E-state index is 0.0649. The molecule has 3 atom stereocenters. The van der Waals surface area contributed by atoms with E-state index in [1.807, 2.05) is 26.0 Å². The molecule has 1 aromatic carbocycles. The molecule has 1 aliphatic carbocycles. The highest BCUT2D eigenvalue weighted by Crippen LogP contribution is 2.47. The molecule has 3 unspecified atom stereocenters. The first kappa shape index (κ1) is 16.8. The summed E-state index contributed by atoms with van der Waals surface area (Å²) >= 11 is 13.2. The summed E-state index contributed by atoms with van der Waals surface area (Å²) in [6.45, 7) is 7.36.